The van der Waals surface area contributed by atoms with Crippen molar-refractivity contribution in [2.45, 2.75) is 6.92 Å². The van der Waals surface area contributed by atoms with E-state index in [1.165, 1.54) is 12.1 Å². The summed E-state index contributed by atoms with van der Waals surface area (Å²) in [6.45, 7) is 2.43. The van der Waals surface area contributed by atoms with Gasteiger partial charge in [-0.3, -0.25) is 4.79 Å². The highest BCUT2D eigenvalue weighted by Gasteiger charge is 2.13. The van der Waals surface area contributed by atoms with Crippen LogP contribution < -0.4 is 4.74 Å². The van der Waals surface area contributed by atoms with Crippen LogP contribution in [0.1, 0.15) is 22.8 Å². The lowest BCUT2D eigenvalue weighted by atomic mass is 10.0. The standard InChI is InChI=1S/C15H11Br2FO2/c1-2-20-14-6-4-9(7-12(14)17)15(19)10-3-5-11(16)13(18)8-10/h3-8H,2H2,1H3. The second-order valence-electron chi connectivity index (χ2n) is 4.04. The Morgan fingerprint density at radius 1 is 1.10 bits per heavy atom. The minimum Gasteiger partial charge on any atom is -0.493 e. The van der Waals surface area contributed by atoms with Crippen molar-refractivity contribution in [3.8, 4) is 5.75 Å². The van der Waals surface area contributed by atoms with E-state index in [1.54, 1.807) is 24.3 Å². The largest absolute Gasteiger partial charge is 0.493 e. The average molecular weight is 402 g/mol. The highest BCUT2D eigenvalue weighted by atomic mass is 79.9. The predicted octanol–water partition coefficient (Wildman–Crippen LogP) is 4.98. The molecule has 0 bridgehead atoms. The van der Waals surface area contributed by atoms with Gasteiger partial charge in [-0.15, -0.1) is 0 Å². The maximum absolute atomic E-state index is 13.5. The van der Waals surface area contributed by atoms with E-state index in [-0.39, 0.29) is 5.78 Å². The summed E-state index contributed by atoms with van der Waals surface area (Å²) in [7, 11) is 0. The zero-order valence-electron chi connectivity index (χ0n) is 10.6. The first-order valence-corrected chi connectivity index (χ1v) is 7.53. The van der Waals surface area contributed by atoms with Crippen molar-refractivity contribution < 1.29 is 13.9 Å². The van der Waals surface area contributed by atoms with E-state index >= 15 is 0 Å². The van der Waals surface area contributed by atoms with E-state index in [9.17, 15) is 9.18 Å². The number of carbonyl (C=O) groups excluding carboxylic acids is 1. The van der Waals surface area contributed by atoms with Gasteiger partial charge >= 0.3 is 0 Å². The summed E-state index contributed by atoms with van der Waals surface area (Å²) in [4.78, 5) is 12.3. The van der Waals surface area contributed by atoms with Crippen LogP contribution in [0, 0.1) is 5.82 Å². The summed E-state index contributed by atoms with van der Waals surface area (Å²) in [6.07, 6.45) is 0. The Morgan fingerprint density at radius 3 is 2.35 bits per heavy atom. The molecule has 2 nitrogen and oxygen atoms in total. The Morgan fingerprint density at radius 2 is 1.75 bits per heavy atom. The van der Waals surface area contributed by atoms with Gasteiger partial charge in [0.05, 0.1) is 15.6 Å². The van der Waals surface area contributed by atoms with E-state index in [0.29, 0.717) is 32.4 Å². The monoisotopic (exact) mass is 400 g/mol. The van der Waals surface area contributed by atoms with Crippen LogP contribution in [0.3, 0.4) is 0 Å². The molecule has 2 aromatic rings. The Labute approximate surface area is 133 Å². The summed E-state index contributed by atoms with van der Waals surface area (Å²) in [5, 5.41) is 0. The molecule has 0 fully saturated rings. The van der Waals surface area contributed by atoms with Gasteiger partial charge in [-0.25, -0.2) is 4.39 Å². The van der Waals surface area contributed by atoms with Crippen molar-refractivity contribution in [1.29, 1.82) is 0 Å². The Kier molecular flexibility index (Phi) is 4.94. The molecule has 20 heavy (non-hydrogen) atoms. The summed E-state index contributed by atoms with van der Waals surface area (Å²) >= 11 is 6.42. The highest BCUT2D eigenvalue weighted by Crippen LogP contribution is 2.27. The fraction of sp³-hybridized carbons (Fsp3) is 0.133. The molecule has 0 radical (unpaired) electrons. The van der Waals surface area contributed by atoms with Crippen LogP contribution in [0.2, 0.25) is 0 Å². The van der Waals surface area contributed by atoms with Gasteiger partial charge in [0.15, 0.2) is 5.78 Å². The van der Waals surface area contributed by atoms with Crippen LogP contribution in [0.15, 0.2) is 45.3 Å². The number of ketones is 1. The van der Waals surface area contributed by atoms with Gasteiger partial charge in [0.25, 0.3) is 0 Å². The third-order valence-electron chi connectivity index (χ3n) is 2.68. The van der Waals surface area contributed by atoms with Crippen molar-refractivity contribution in [3.05, 3.63) is 62.3 Å². The predicted molar refractivity (Wildman–Crippen MR) is 82.8 cm³/mol. The molecule has 0 aliphatic carbocycles. The summed E-state index contributed by atoms with van der Waals surface area (Å²) < 4.78 is 19.9. The first-order chi connectivity index (χ1) is 9.52. The lowest BCUT2D eigenvalue weighted by Crippen LogP contribution is -2.03. The second kappa shape index (κ2) is 6.50. The van der Waals surface area contributed by atoms with Gasteiger partial charge in [-0.2, -0.15) is 0 Å². The van der Waals surface area contributed by atoms with Crippen LogP contribution in [0.5, 0.6) is 5.75 Å². The number of halogens is 3. The number of hydrogen-bond acceptors (Lipinski definition) is 2. The number of rotatable bonds is 4. The van der Waals surface area contributed by atoms with E-state index in [2.05, 4.69) is 31.9 Å². The average Bonchev–Trinajstić information content (AvgIpc) is 2.43. The molecule has 0 heterocycles. The molecule has 104 valence electrons. The van der Waals surface area contributed by atoms with Crippen LogP contribution in [0.4, 0.5) is 4.39 Å². The Balaban J connectivity index is 2.33. The molecule has 2 aromatic carbocycles. The second-order valence-corrected chi connectivity index (χ2v) is 5.74. The van der Waals surface area contributed by atoms with E-state index < -0.39 is 5.82 Å². The molecule has 0 aliphatic heterocycles. The smallest absolute Gasteiger partial charge is 0.193 e. The van der Waals surface area contributed by atoms with Crippen molar-refractivity contribution >= 4 is 37.6 Å². The van der Waals surface area contributed by atoms with E-state index in [4.69, 9.17) is 4.74 Å². The Bertz CT molecular complexity index is 656. The van der Waals surface area contributed by atoms with Crippen LogP contribution >= 0.6 is 31.9 Å². The maximum Gasteiger partial charge on any atom is 0.193 e. The highest BCUT2D eigenvalue weighted by molar-refractivity contribution is 9.10. The summed E-state index contributed by atoms with van der Waals surface area (Å²) in [5.74, 6) is -0.0213. The van der Waals surface area contributed by atoms with Crippen LogP contribution in [-0.4, -0.2) is 12.4 Å². The summed E-state index contributed by atoms with van der Waals surface area (Å²) in [5.41, 5.74) is 0.781. The third-order valence-corrected chi connectivity index (χ3v) is 3.94. The van der Waals surface area contributed by atoms with Gasteiger partial charge in [-0.1, -0.05) is 0 Å². The molecule has 0 spiro atoms. The van der Waals surface area contributed by atoms with Crippen molar-refractivity contribution in [2.75, 3.05) is 6.61 Å². The SMILES string of the molecule is CCOc1ccc(C(=O)c2ccc(Br)c(F)c2)cc1Br. The minimum absolute atomic E-state index is 0.236. The maximum atomic E-state index is 13.5. The van der Waals surface area contributed by atoms with Gasteiger partial charge in [0, 0.05) is 11.1 Å². The fourth-order valence-electron chi connectivity index (χ4n) is 1.72. The lowest BCUT2D eigenvalue weighted by Gasteiger charge is -2.08. The van der Waals surface area contributed by atoms with Crippen LogP contribution in [0.25, 0.3) is 0 Å². The first-order valence-electron chi connectivity index (χ1n) is 5.95. The van der Waals surface area contributed by atoms with E-state index in [1.807, 2.05) is 6.92 Å². The minimum atomic E-state index is -0.458. The molecule has 5 heteroatoms. The topological polar surface area (TPSA) is 26.3 Å². The van der Waals surface area contributed by atoms with Crippen molar-refractivity contribution in [3.63, 3.8) is 0 Å². The molecular weight excluding hydrogens is 391 g/mol. The number of hydrogen-bond donors (Lipinski definition) is 0. The molecule has 0 atom stereocenters. The number of carbonyl (C=O) groups is 1. The zero-order valence-corrected chi connectivity index (χ0v) is 13.8. The molecule has 0 saturated carbocycles. The fourth-order valence-corrected chi connectivity index (χ4v) is 2.46. The quantitative estimate of drug-likeness (QED) is 0.675. The molecule has 0 N–H and O–H groups in total. The summed E-state index contributed by atoms with van der Waals surface area (Å²) in [6, 6.07) is 9.38. The van der Waals surface area contributed by atoms with Gasteiger partial charge < -0.3 is 4.74 Å². The number of benzene rings is 2. The zero-order chi connectivity index (χ0) is 14.7. The van der Waals surface area contributed by atoms with Crippen molar-refractivity contribution in [1.82, 2.24) is 0 Å². The van der Waals surface area contributed by atoms with Crippen LogP contribution in [-0.2, 0) is 0 Å². The normalized spacial score (nSPS) is 10.4. The van der Waals surface area contributed by atoms with Gasteiger partial charge in [0.1, 0.15) is 11.6 Å². The third kappa shape index (κ3) is 3.27. The molecule has 0 aromatic heterocycles. The first kappa shape index (κ1) is 15.2. The molecule has 2 rings (SSSR count). The van der Waals surface area contributed by atoms with E-state index in [0.717, 1.165) is 0 Å². The van der Waals surface area contributed by atoms with Gasteiger partial charge in [-0.05, 0) is 75.2 Å². The number of ether oxygens (including phenoxy) is 1. The molecule has 0 saturated heterocycles. The Hall–Kier alpha value is -1.20. The molecular formula is C15H11Br2FO2. The van der Waals surface area contributed by atoms with Crippen molar-refractivity contribution in [2.24, 2.45) is 0 Å². The molecule has 0 amide bonds. The molecule has 0 aliphatic rings. The molecule has 0 unspecified atom stereocenters. The van der Waals surface area contributed by atoms with Gasteiger partial charge in [0.2, 0.25) is 0 Å². The lowest BCUT2D eigenvalue weighted by molar-refractivity contribution is 0.103.